The van der Waals surface area contributed by atoms with Gasteiger partial charge in [-0.25, -0.2) is 4.79 Å². The molecule has 1 saturated heterocycles. The SMILES string of the molecule is CC(=O)[C@H](O)[C@H]1O[C@@H](n2cc(I)c(=O)[nH]c2=O)C[C@@]1(O)C(C)=O. The van der Waals surface area contributed by atoms with Crippen LogP contribution in [0.2, 0.25) is 0 Å². The summed E-state index contributed by atoms with van der Waals surface area (Å²) in [6, 6.07) is 0. The van der Waals surface area contributed by atoms with Crippen LogP contribution in [0.15, 0.2) is 15.8 Å². The van der Waals surface area contributed by atoms with E-state index in [1.54, 1.807) is 22.6 Å². The van der Waals surface area contributed by atoms with Crippen molar-refractivity contribution in [2.24, 2.45) is 0 Å². The number of aromatic nitrogens is 2. The van der Waals surface area contributed by atoms with Gasteiger partial charge in [0.1, 0.15) is 18.4 Å². The summed E-state index contributed by atoms with van der Waals surface area (Å²) in [7, 11) is 0. The molecule has 23 heavy (non-hydrogen) atoms. The lowest BCUT2D eigenvalue weighted by Crippen LogP contribution is -2.52. The first-order valence-electron chi connectivity index (χ1n) is 6.66. The molecule has 2 heterocycles. The highest BCUT2D eigenvalue weighted by Crippen LogP contribution is 2.38. The van der Waals surface area contributed by atoms with Crippen molar-refractivity contribution in [1.82, 2.24) is 9.55 Å². The molecule has 1 fully saturated rings. The molecule has 0 bridgehead atoms. The van der Waals surface area contributed by atoms with Crippen molar-refractivity contribution in [3.05, 3.63) is 30.6 Å². The number of aliphatic hydroxyl groups excluding tert-OH is 1. The van der Waals surface area contributed by atoms with Crippen LogP contribution < -0.4 is 11.2 Å². The summed E-state index contributed by atoms with van der Waals surface area (Å²) in [5.74, 6) is -1.38. The normalized spacial score (nSPS) is 28.6. The molecule has 1 aliphatic heterocycles. The van der Waals surface area contributed by atoms with E-state index in [0.717, 1.165) is 18.4 Å². The van der Waals surface area contributed by atoms with Crippen LogP contribution >= 0.6 is 22.6 Å². The highest BCUT2D eigenvalue weighted by molar-refractivity contribution is 14.1. The predicted octanol–water partition coefficient (Wildman–Crippen LogP) is -1.30. The number of Topliss-reactive ketones (excluding diaryl/α,β-unsaturated/α-hetero) is 2. The fraction of sp³-hybridized carbons (Fsp3) is 0.538. The first kappa shape index (κ1) is 18.0. The van der Waals surface area contributed by atoms with Gasteiger partial charge >= 0.3 is 5.69 Å². The maximum Gasteiger partial charge on any atom is 0.330 e. The summed E-state index contributed by atoms with van der Waals surface area (Å²) in [5, 5.41) is 20.4. The van der Waals surface area contributed by atoms with Gasteiger partial charge in [-0.15, -0.1) is 0 Å². The molecule has 0 aromatic carbocycles. The Morgan fingerprint density at radius 2 is 2.09 bits per heavy atom. The fourth-order valence-electron chi connectivity index (χ4n) is 2.44. The Kier molecular flexibility index (Phi) is 4.89. The van der Waals surface area contributed by atoms with Crippen molar-refractivity contribution in [2.45, 2.75) is 44.3 Å². The number of aromatic amines is 1. The quantitative estimate of drug-likeness (QED) is 0.497. The van der Waals surface area contributed by atoms with E-state index in [4.69, 9.17) is 4.74 Å². The lowest BCUT2D eigenvalue weighted by Gasteiger charge is -2.27. The Balaban J connectivity index is 2.47. The van der Waals surface area contributed by atoms with Crippen molar-refractivity contribution in [2.75, 3.05) is 0 Å². The Labute approximate surface area is 143 Å². The standard InChI is InChI=1S/C13H15IN2O7/c1-5(17)9(19)10-13(22,6(2)18)3-8(23-10)16-4-7(14)11(20)15-12(16)21/h4,8-10,19,22H,3H2,1-2H3,(H,15,20,21)/t8-,9+,10-,13-/m1/s1. The Morgan fingerprint density at radius 1 is 1.48 bits per heavy atom. The van der Waals surface area contributed by atoms with Crippen LogP contribution in [0.5, 0.6) is 0 Å². The minimum Gasteiger partial charge on any atom is -0.382 e. The lowest BCUT2D eigenvalue weighted by molar-refractivity contribution is -0.158. The molecule has 3 N–H and O–H groups in total. The number of nitrogens with one attached hydrogen (secondary N) is 1. The summed E-state index contributed by atoms with van der Waals surface area (Å²) in [5.41, 5.74) is -3.48. The minimum atomic E-state index is -2.11. The van der Waals surface area contributed by atoms with Crippen LogP contribution in [-0.2, 0) is 14.3 Å². The van der Waals surface area contributed by atoms with Crippen molar-refractivity contribution in [3.8, 4) is 0 Å². The molecule has 0 spiro atoms. The van der Waals surface area contributed by atoms with Crippen LogP contribution in [0.3, 0.4) is 0 Å². The molecule has 0 amide bonds. The monoisotopic (exact) mass is 438 g/mol. The molecule has 126 valence electrons. The third-order valence-electron chi connectivity index (χ3n) is 3.81. The van der Waals surface area contributed by atoms with E-state index in [1.165, 1.54) is 6.20 Å². The number of hydrogen-bond donors (Lipinski definition) is 3. The number of carbonyl (C=O) groups is 2. The smallest absolute Gasteiger partial charge is 0.330 e. The topological polar surface area (TPSA) is 139 Å². The van der Waals surface area contributed by atoms with Gasteiger partial charge in [-0.2, -0.15) is 0 Å². The number of halogens is 1. The molecule has 0 saturated carbocycles. The van der Waals surface area contributed by atoms with E-state index >= 15 is 0 Å². The van der Waals surface area contributed by atoms with Crippen molar-refractivity contribution in [1.29, 1.82) is 0 Å². The van der Waals surface area contributed by atoms with Crippen LogP contribution in [-0.4, -0.2) is 49.1 Å². The first-order valence-corrected chi connectivity index (χ1v) is 7.74. The number of aliphatic hydroxyl groups is 2. The third kappa shape index (κ3) is 3.16. The van der Waals surface area contributed by atoms with Crippen LogP contribution in [0.25, 0.3) is 0 Å². The zero-order valence-electron chi connectivity index (χ0n) is 12.3. The number of nitrogens with zero attached hydrogens (tertiary/aromatic N) is 1. The Morgan fingerprint density at radius 3 is 2.61 bits per heavy atom. The van der Waals surface area contributed by atoms with Crippen molar-refractivity contribution >= 4 is 34.2 Å². The summed E-state index contributed by atoms with van der Waals surface area (Å²) >= 11 is 1.71. The van der Waals surface area contributed by atoms with E-state index in [0.29, 0.717) is 0 Å². The van der Waals surface area contributed by atoms with Crippen molar-refractivity contribution in [3.63, 3.8) is 0 Å². The highest BCUT2D eigenvalue weighted by Gasteiger charge is 2.55. The van der Waals surface area contributed by atoms with Gasteiger partial charge in [-0.05, 0) is 36.4 Å². The van der Waals surface area contributed by atoms with Gasteiger partial charge in [0.25, 0.3) is 5.56 Å². The molecule has 9 nitrogen and oxygen atoms in total. The largest absolute Gasteiger partial charge is 0.382 e. The molecular weight excluding hydrogens is 423 g/mol. The molecule has 2 rings (SSSR count). The minimum absolute atomic E-state index is 0.202. The number of H-pyrrole nitrogens is 1. The molecular formula is C13H15IN2O7. The maximum atomic E-state index is 11.9. The van der Waals surface area contributed by atoms with Gasteiger partial charge in [-0.1, -0.05) is 0 Å². The van der Waals surface area contributed by atoms with Crippen LogP contribution in [0.4, 0.5) is 0 Å². The van der Waals surface area contributed by atoms with Crippen LogP contribution in [0, 0.1) is 3.57 Å². The van der Waals surface area contributed by atoms with E-state index in [-0.39, 0.29) is 9.99 Å². The molecule has 1 aliphatic rings. The van der Waals surface area contributed by atoms with Gasteiger partial charge in [-0.3, -0.25) is 23.9 Å². The van der Waals surface area contributed by atoms with E-state index in [1.807, 2.05) is 0 Å². The molecule has 0 unspecified atom stereocenters. The van der Waals surface area contributed by atoms with Gasteiger partial charge in [0, 0.05) is 12.6 Å². The zero-order valence-corrected chi connectivity index (χ0v) is 14.4. The van der Waals surface area contributed by atoms with E-state index < -0.39 is 46.9 Å². The number of carbonyl (C=O) groups excluding carboxylic acids is 2. The summed E-state index contributed by atoms with van der Waals surface area (Å²) in [6.07, 6.45) is -3.44. The first-order chi connectivity index (χ1) is 10.6. The third-order valence-corrected chi connectivity index (χ3v) is 4.58. The van der Waals surface area contributed by atoms with Gasteiger partial charge in [0.05, 0.1) is 3.57 Å². The van der Waals surface area contributed by atoms with E-state index in [2.05, 4.69) is 4.98 Å². The van der Waals surface area contributed by atoms with Crippen molar-refractivity contribution < 1.29 is 24.5 Å². The predicted molar refractivity (Wildman–Crippen MR) is 84.9 cm³/mol. The van der Waals surface area contributed by atoms with E-state index in [9.17, 15) is 29.4 Å². The van der Waals surface area contributed by atoms with Gasteiger partial charge in [0.2, 0.25) is 0 Å². The van der Waals surface area contributed by atoms with Gasteiger partial charge in [0.15, 0.2) is 17.2 Å². The van der Waals surface area contributed by atoms with Crippen LogP contribution in [0.1, 0.15) is 26.5 Å². The second kappa shape index (κ2) is 6.26. The molecule has 0 aliphatic carbocycles. The average molecular weight is 438 g/mol. The zero-order chi connectivity index (χ0) is 17.5. The molecule has 10 heteroatoms. The molecule has 1 aromatic heterocycles. The number of rotatable bonds is 4. The number of ketones is 2. The second-order valence-corrected chi connectivity index (χ2v) is 6.56. The highest BCUT2D eigenvalue weighted by atomic mass is 127. The second-order valence-electron chi connectivity index (χ2n) is 5.39. The molecule has 4 atom stereocenters. The Hall–Kier alpha value is -1.37. The summed E-state index contributed by atoms with van der Waals surface area (Å²) < 4.78 is 6.62. The number of hydrogen-bond acceptors (Lipinski definition) is 7. The molecule has 0 radical (unpaired) electrons. The Bertz CT molecular complexity index is 770. The summed E-state index contributed by atoms with van der Waals surface area (Å²) in [4.78, 5) is 48.5. The maximum absolute atomic E-state index is 11.9. The fourth-order valence-corrected chi connectivity index (χ4v) is 2.88. The average Bonchev–Trinajstić information content (AvgIpc) is 2.81. The summed E-state index contributed by atoms with van der Waals surface area (Å²) in [6.45, 7) is 2.20. The van der Waals surface area contributed by atoms with Gasteiger partial charge < -0.3 is 14.9 Å². The number of ether oxygens (including phenoxy) is 1. The molecule has 1 aromatic rings. The lowest BCUT2D eigenvalue weighted by atomic mass is 9.86.